The van der Waals surface area contributed by atoms with Crippen LogP contribution in [0.25, 0.3) is 0 Å². The quantitative estimate of drug-likeness (QED) is 0.484. The molecule has 6 heteroatoms. The molecule has 6 nitrogen and oxygen atoms in total. The van der Waals surface area contributed by atoms with E-state index in [-0.39, 0.29) is 49.3 Å². The summed E-state index contributed by atoms with van der Waals surface area (Å²) in [6.07, 6.45) is 3.53. The Hall–Kier alpha value is -3.15. The summed E-state index contributed by atoms with van der Waals surface area (Å²) in [7, 11) is 0. The van der Waals surface area contributed by atoms with Crippen LogP contribution in [0, 0.1) is 0 Å². The largest absolute Gasteiger partial charge is 0.508 e. The van der Waals surface area contributed by atoms with Crippen LogP contribution in [0.1, 0.15) is 51.1 Å². The van der Waals surface area contributed by atoms with Crippen LogP contribution < -0.4 is 10.6 Å². The average Bonchev–Trinajstić information content (AvgIpc) is 3.17. The Bertz CT molecular complexity index is 875. The molecule has 0 bridgehead atoms. The Kier molecular flexibility index (Phi) is 6.42. The molecule has 0 aromatic heterocycles. The van der Waals surface area contributed by atoms with Gasteiger partial charge in [-0.1, -0.05) is 12.1 Å². The Morgan fingerprint density at radius 2 is 1.50 bits per heavy atom. The van der Waals surface area contributed by atoms with Crippen molar-refractivity contribution in [3.8, 4) is 5.75 Å². The van der Waals surface area contributed by atoms with Gasteiger partial charge in [-0.25, -0.2) is 0 Å². The molecule has 0 saturated carbocycles. The Morgan fingerprint density at radius 3 is 2.29 bits per heavy atom. The lowest BCUT2D eigenvalue weighted by atomic mass is 10.0. The minimum absolute atomic E-state index is 0.0227. The number of rotatable bonds is 8. The van der Waals surface area contributed by atoms with Crippen molar-refractivity contribution < 1.29 is 19.5 Å². The molecule has 2 aromatic carbocycles. The van der Waals surface area contributed by atoms with Gasteiger partial charge in [-0.2, -0.15) is 0 Å². The monoisotopic (exact) mass is 380 g/mol. The summed E-state index contributed by atoms with van der Waals surface area (Å²) in [4.78, 5) is 36.1. The zero-order valence-electron chi connectivity index (χ0n) is 15.7. The van der Waals surface area contributed by atoms with Crippen LogP contribution in [-0.4, -0.2) is 35.8 Å². The zero-order valence-corrected chi connectivity index (χ0v) is 15.7. The van der Waals surface area contributed by atoms with E-state index in [4.69, 9.17) is 0 Å². The topological polar surface area (TPSA) is 95.5 Å². The third kappa shape index (κ3) is 5.19. The van der Waals surface area contributed by atoms with E-state index in [0.29, 0.717) is 11.1 Å². The van der Waals surface area contributed by atoms with Gasteiger partial charge in [-0.3, -0.25) is 14.4 Å². The molecule has 3 N–H and O–H groups in total. The van der Waals surface area contributed by atoms with Crippen LogP contribution in [0.2, 0.25) is 0 Å². The van der Waals surface area contributed by atoms with Crippen molar-refractivity contribution in [3.63, 3.8) is 0 Å². The molecular weight excluding hydrogens is 356 g/mol. The van der Waals surface area contributed by atoms with Gasteiger partial charge in [0.2, 0.25) is 5.91 Å². The molecule has 0 heterocycles. The molecule has 0 fully saturated rings. The number of aryl methyl sites for hydroxylation is 2. The van der Waals surface area contributed by atoms with E-state index in [9.17, 15) is 19.5 Å². The van der Waals surface area contributed by atoms with Gasteiger partial charge in [0.05, 0.1) is 0 Å². The molecule has 28 heavy (non-hydrogen) atoms. The lowest BCUT2D eigenvalue weighted by Crippen LogP contribution is -2.34. The molecule has 3 rings (SSSR count). The normalized spacial score (nSPS) is 12.3. The first-order chi connectivity index (χ1) is 13.5. The van der Waals surface area contributed by atoms with Gasteiger partial charge < -0.3 is 15.7 Å². The van der Waals surface area contributed by atoms with Crippen molar-refractivity contribution in [1.29, 1.82) is 0 Å². The van der Waals surface area contributed by atoms with E-state index in [2.05, 4.69) is 10.6 Å². The van der Waals surface area contributed by atoms with Gasteiger partial charge >= 0.3 is 0 Å². The highest BCUT2D eigenvalue weighted by atomic mass is 16.3. The summed E-state index contributed by atoms with van der Waals surface area (Å²) in [5.74, 6) is -0.418. The van der Waals surface area contributed by atoms with Crippen LogP contribution in [0.5, 0.6) is 5.75 Å². The molecule has 0 aliphatic heterocycles. The highest BCUT2D eigenvalue weighted by Gasteiger charge is 2.15. The molecule has 1 aliphatic carbocycles. The number of hydrogen-bond donors (Lipinski definition) is 3. The second-order valence-electron chi connectivity index (χ2n) is 6.91. The second-order valence-corrected chi connectivity index (χ2v) is 6.91. The average molecular weight is 380 g/mol. The van der Waals surface area contributed by atoms with Gasteiger partial charge in [-0.05, 0) is 60.7 Å². The van der Waals surface area contributed by atoms with Gasteiger partial charge in [0.15, 0.2) is 5.78 Å². The molecule has 0 radical (unpaired) electrons. The van der Waals surface area contributed by atoms with Gasteiger partial charge in [0, 0.05) is 37.1 Å². The maximum Gasteiger partial charge on any atom is 0.251 e. The SMILES string of the molecule is O=C(CCC(=O)c1ccc2c(c1)CCC2)NCCNC(=O)c1ccc(O)cc1. The Labute approximate surface area is 164 Å². The standard InChI is InChI=1S/C22H24N2O4/c25-19-8-6-16(7-9-19)22(28)24-13-12-23-21(27)11-10-20(26)18-5-4-15-2-1-3-17(15)14-18/h4-9,14,25H,1-3,10-13H2,(H,23,27)(H,24,28). The van der Waals surface area contributed by atoms with Crippen LogP contribution in [-0.2, 0) is 17.6 Å². The minimum atomic E-state index is -0.277. The van der Waals surface area contributed by atoms with Crippen molar-refractivity contribution in [3.05, 3.63) is 64.7 Å². The van der Waals surface area contributed by atoms with Crippen molar-refractivity contribution in [1.82, 2.24) is 10.6 Å². The molecule has 0 atom stereocenters. The van der Waals surface area contributed by atoms with Crippen molar-refractivity contribution in [2.45, 2.75) is 32.1 Å². The number of phenolic OH excluding ortho intramolecular Hbond substituents is 1. The summed E-state index contributed by atoms with van der Waals surface area (Å²) in [6, 6.07) is 11.8. The molecule has 0 spiro atoms. The molecule has 2 aromatic rings. The Morgan fingerprint density at radius 1 is 0.821 bits per heavy atom. The van der Waals surface area contributed by atoms with E-state index in [1.165, 1.54) is 35.4 Å². The first kappa shape index (κ1) is 19.6. The molecule has 2 amide bonds. The number of benzene rings is 2. The summed E-state index contributed by atoms with van der Waals surface area (Å²) in [5, 5.41) is 14.6. The van der Waals surface area contributed by atoms with E-state index < -0.39 is 0 Å². The van der Waals surface area contributed by atoms with Crippen LogP contribution in [0.3, 0.4) is 0 Å². The summed E-state index contributed by atoms with van der Waals surface area (Å²) >= 11 is 0. The maximum absolute atomic E-state index is 12.3. The van der Waals surface area contributed by atoms with Crippen LogP contribution >= 0.6 is 0 Å². The summed E-state index contributed by atoms with van der Waals surface area (Å²) < 4.78 is 0. The van der Waals surface area contributed by atoms with Gasteiger partial charge in [0.25, 0.3) is 5.91 Å². The second kappa shape index (κ2) is 9.17. The fraction of sp³-hybridized carbons (Fsp3) is 0.318. The number of ketones is 1. The van der Waals surface area contributed by atoms with Gasteiger partial charge in [0.1, 0.15) is 5.75 Å². The number of phenols is 1. The van der Waals surface area contributed by atoms with Crippen LogP contribution in [0.15, 0.2) is 42.5 Å². The lowest BCUT2D eigenvalue weighted by molar-refractivity contribution is -0.121. The number of amides is 2. The fourth-order valence-electron chi connectivity index (χ4n) is 3.30. The highest BCUT2D eigenvalue weighted by molar-refractivity contribution is 5.98. The minimum Gasteiger partial charge on any atom is -0.508 e. The number of aromatic hydroxyl groups is 1. The first-order valence-electron chi connectivity index (χ1n) is 9.52. The summed E-state index contributed by atoms with van der Waals surface area (Å²) in [5.41, 5.74) is 3.68. The zero-order chi connectivity index (χ0) is 19.9. The van der Waals surface area contributed by atoms with Crippen molar-refractivity contribution >= 4 is 17.6 Å². The van der Waals surface area contributed by atoms with Crippen LogP contribution in [0.4, 0.5) is 0 Å². The van der Waals surface area contributed by atoms with Crippen molar-refractivity contribution in [2.75, 3.05) is 13.1 Å². The number of Topliss-reactive ketones (excluding diaryl/α,β-unsaturated/α-hetero) is 1. The predicted octanol–water partition coefficient (Wildman–Crippen LogP) is 2.39. The van der Waals surface area contributed by atoms with E-state index in [1.54, 1.807) is 0 Å². The maximum atomic E-state index is 12.3. The Balaban J connectivity index is 1.35. The van der Waals surface area contributed by atoms with E-state index >= 15 is 0 Å². The highest BCUT2D eigenvalue weighted by Crippen LogP contribution is 2.23. The van der Waals surface area contributed by atoms with Crippen molar-refractivity contribution in [2.24, 2.45) is 0 Å². The molecule has 0 saturated heterocycles. The number of fused-ring (bicyclic) bond motifs is 1. The number of hydrogen-bond acceptors (Lipinski definition) is 4. The third-order valence-corrected chi connectivity index (χ3v) is 4.86. The van der Waals surface area contributed by atoms with E-state index in [0.717, 1.165) is 19.3 Å². The smallest absolute Gasteiger partial charge is 0.251 e. The third-order valence-electron chi connectivity index (χ3n) is 4.86. The summed E-state index contributed by atoms with van der Waals surface area (Å²) in [6.45, 7) is 0.569. The molecule has 146 valence electrons. The van der Waals surface area contributed by atoms with Gasteiger partial charge in [-0.15, -0.1) is 0 Å². The number of carbonyl (C=O) groups excluding carboxylic acids is 3. The number of nitrogens with one attached hydrogen (secondary N) is 2. The lowest BCUT2D eigenvalue weighted by Gasteiger charge is -2.08. The van der Waals surface area contributed by atoms with E-state index in [1.807, 2.05) is 18.2 Å². The molecule has 0 unspecified atom stereocenters. The first-order valence-corrected chi connectivity index (χ1v) is 9.52. The molecule has 1 aliphatic rings. The predicted molar refractivity (Wildman–Crippen MR) is 105 cm³/mol. The molecular formula is C22H24N2O4. The fourth-order valence-corrected chi connectivity index (χ4v) is 3.30. The number of carbonyl (C=O) groups is 3.